The molecule has 2 aromatic carbocycles. The second-order valence-corrected chi connectivity index (χ2v) is 8.20. The van der Waals surface area contributed by atoms with Crippen LogP contribution in [0.1, 0.15) is 6.92 Å². The highest BCUT2D eigenvalue weighted by atomic mass is 32.2. The van der Waals surface area contributed by atoms with Crippen LogP contribution < -0.4 is 10.5 Å². The van der Waals surface area contributed by atoms with Gasteiger partial charge in [0.25, 0.3) is 0 Å². The highest BCUT2D eigenvalue weighted by molar-refractivity contribution is 7.89. The molecule has 0 saturated carbocycles. The van der Waals surface area contributed by atoms with Gasteiger partial charge in [-0.1, -0.05) is 24.3 Å². The van der Waals surface area contributed by atoms with Gasteiger partial charge < -0.3 is 10.3 Å². The second-order valence-electron chi connectivity index (χ2n) is 6.64. The number of pyridine rings is 1. The van der Waals surface area contributed by atoms with Gasteiger partial charge in [0.15, 0.2) is 0 Å². The molecule has 4 N–H and O–H groups in total. The number of hydrogen-bond donors (Lipinski definition) is 3. The van der Waals surface area contributed by atoms with Gasteiger partial charge in [0.1, 0.15) is 5.65 Å². The number of amides is 1. The smallest absolute Gasteiger partial charge is 0.238 e. The summed E-state index contributed by atoms with van der Waals surface area (Å²) in [6.07, 6.45) is 1.70. The Morgan fingerprint density at radius 2 is 1.79 bits per heavy atom. The van der Waals surface area contributed by atoms with E-state index in [1.54, 1.807) is 18.3 Å². The minimum absolute atomic E-state index is 0.0462. The fourth-order valence-electron chi connectivity index (χ4n) is 3.24. The molecular weight excluding hydrogens is 388 g/mol. The van der Waals surface area contributed by atoms with Crippen molar-refractivity contribution in [3.8, 4) is 22.4 Å². The van der Waals surface area contributed by atoms with Crippen molar-refractivity contribution < 1.29 is 13.2 Å². The van der Waals surface area contributed by atoms with Gasteiger partial charge in [0.2, 0.25) is 15.9 Å². The van der Waals surface area contributed by atoms with E-state index in [0.29, 0.717) is 16.9 Å². The van der Waals surface area contributed by atoms with E-state index in [1.807, 2.05) is 36.4 Å². The van der Waals surface area contributed by atoms with E-state index in [9.17, 15) is 13.2 Å². The molecular formula is C21H18N4O3S. The zero-order chi connectivity index (χ0) is 20.6. The molecule has 29 heavy (non-hydrogen) atoms. The van der Waals surface area contributed by atoms with Crippen LogP contribution in [0.5, 0.6) is 0 Å². The van der Waals surface area contributed by atoms with E-state index in [2.05, 4.69) is 15.3 Å². The van der Waals surface area contributed by atoms with Crippen molar-refractivity contribution in [2.24, 2.45) is 5.14 Å². The molecule has 4 rings (SSSR count). The van der Waals surface area contributed by atoms with Gasteiger partial charge in [0, 0.05) is 29.9 Å². The summed E-state index contributed by atoms with van der Waals surface area (Å²) >= 11 is 0. The molecule has 2 heterocycles. The predicted octanol–water partition coefficient (Wildman–Crippen LogP) is 3.50. The molecule has 0 radical (unpaired) electrons. The first-order valence-electron chi connectivity index (χ1n) is 8.80. The lowest BCUT2D eigenvalue weighted by molar-refractivity contribution is -0.114. The molecule has 0 bridgehead atoms. The van der Waals surface area contributed by atoms with Gasteiger partial charge in [-0.05, 0) is 53.1 Å². The molecule has 2 aromatic heterocycles. The first kappa shape index (κ1) is 18.9. The van der Waals surface area contributed by atoms with Crippen LogP contribution in [0.2, 0.25) is 0 Å². The van der Waals surface area contributed by atoms with Gasteiger partial charge in [-0.3, -0.25) is 4.79 Å². The summed E-state index contributed by atoms with van der Waals surface area (Å²) < 4.78 is 23.3. The average molecular weight is 406 g/mol. The van der Waals surface area contributed by atoms with E-state index in [1.165, 1.54) is 19.1 Å². The molecule has 8 heteroatoms. The average Bonchev–Trinajstić information content (AvgIpc) is 3.11. The third-order valence-corrected chi connectivity index (χ3v) is 5.41. The maximum absolute atomic E-state index is 11.7. The monoisotopic (exact) mass is 406 g/mol. The van der Waals surface area contributed by atoms with Crippen LogP contribution in [0.3, 0.4) is 0 Å². The second kappa shape index (κ2) is 7.16. The number of aromatic amines is 1. The topological polar surface area (TPSA) is 118 Å². The molecule has 0 aliphatic rings. The number of rotatable bonds is 4. The minimum Gasteiger partial charge on any atom is -0.339 e. The number of hydrogen-bond acceptors (Lipinski definition) is 4. The van der Waals surface area contributed by atoms with Crippen molar-refractivity contribution in [1.82, 2.24) is 9.97 Å². The van der Waals surface area contributed by atoms with Crippen molar-refractivity contribution in [3.05, 3.63) is 66.9 Å². The van der Waals surface area contributed by atoms with Crippen molar-refractivity contribution in [1.29, 1.82) is 0 Å². The Balaban J connectivity index is 1.82. The fraction of sp³-hybridized carbons (Fsp3) is 0.0476. The number of anilines is 1. The van der Waals surface area contributed by atoms with Crippen LogP contribution in [0.4, 0.5) is 5.69 Å². The van der Waals surface area contributed by atoms with Crippen LogP contribution >= 0.6 is 0 Å². The van der Waals surface area contributed by atoms with E-state index in [4.69, 9.17) is 5.14 Å². The highest BCUT2D eigenvalue weighted by Crippen LogP contribution is 2.32. The van der Waals surface area contributed by atoms with Crippen LogP contribution in [0.25, 0.3) is 33.4 Å². The van der Waals surface area contributed by atoms with E-state index in [0.717, 1.165) is 22.2 Å². The molecule has 4 aromatic rings. The number of H-pyrrole nitrogens is 1. The maximum Gasteiger partial charge on any atom is 0.238 e. The quantitative estimate of drug-likeness (QED) is 0.481. The highest BCUT2D eigenvalue weighted by Gasteiger charge is 2.13. The first-order chi connectivity index (χ1) is 13.8. The van der Waals surface area contributed by atoms with Gasteiger partial charge in [-0.2, -0.15) is 0 Å². The van der Waals surface area contributed by atoms with Crippen molar-refractivity contribution in [2.75, 3.05) is 5.32 Å². The number of carbonyl (C=O) groups is 1. The molecule has 146 valence electrons. The number of sulfonamides is 1. The third kappa shape index (κ3) is 3.89. The molecule has 0 unspecified atom stereocenters. The first-order valence-corrected chi connectivity index (χ1v) is 10.3. The van der Waals surface area contributed by atoms with Gasteiger partial charge >= 0.3 is 0 Å². The summed E-state index contributed by atoms with van der Waals surface area (Å²) in [5.41, 5.74) is 4.65. The Labute approximate surface area is 167 Å². The van der Waals surface area contributed by atoms with E-state index < -0.39 is 10.0 Å². The summed E-state index contributed by atoms with van der Waals surface area (Å²) in [6.45, 7) is 1.46. The lowest BCUT2D eigenvalue weighted by Gasteiger charge is -2.07. The number of nitrogens with two attached hydrogens (primary N) is 1. The van der Waals surface area contributed by atoms with Crippen LogP contribution in [0, 0.1) is 0 Å². The largest absolute Gasteiger partial charge is 0.339 e. The zero-order valence-corrected chi connectivity index (χ0v) is 16.3. The molecule has 0 atom stereocenters. The molecule has 1 amide bonds. The Morgan fingerprint density at radius 3 is 2.55 bits per heavy atom. The Morgan fingerprint density at radius 1 is 1.03 bits per heavy atom. The number of nitrogens with one attached hydrogen (secondary N) is 2. The SMILES string of the molecule is CC(=O)Nc1cccc(-c2ccnc3[nH]c(-c4cccc(S(N)(=O)=O)c4)cc23)c1. The van der Waals surface area contributed by atoms with Crippen molar-refractivity contribution >= 4 is 32.7 Å². The fourth-order valence-corrected chi connectivity index (χ4v) is 3.80. The molecule has 0 spiro atoms. The molecule has 0 aliphatic carbocycles. The van der Waals surface area contributed by atoms with Crippen molar-refractivity contribution in [3.63, 3.8) is 0 Å². The Kier molecular flexibility index (Phi) is 4.65. The Bertz CT molecular complexity index is 1340. The number of primary sulfonamides is 1. The predicted molar refractivity (Wildman–Crippen MR) is 113 cm³/mol. The molecule has 7 nitrogen and oxygen atoms in total. The molecule has 0 fully saturated rings. The van der Waals surface area contributed by atoms with Gasteiger partial charge in [0.05, 0.1) is 4.90 Å². The number of carbonyl (C=O) groups excluding carboxylic acids is 1. The third-order valence-electron chi connectivity index (χ3n) is 4.50. The van der Waals surface area contributed by atoms with Crippen LogP contribution in [-0.4, -0.2) is 24.3 Å². The van der Waals surface area contributed by atoms with Crippen LogP contribution in [-0.2, 0) is 14.8 Å². The number of nitrogens with zero attached hydrogens (tertiary/aromatic N) is 1. The number of benzene rings is 2. The summed E-state index contributed by atoms with van der Waals surface area (Å²) in [4.78, 5) is 19.0. The lowest BCUT2D eigenvalue weighted by Crippen LogP contribution is -2.11. The van der Waals surface area contributed by atoms with Crippen molar-refractivity contribution in [2.45, 2.75) is 11.8 Å². The minimum atomic E-state index is -3.79. The summed E-state index contributed by atoms with van der Waals surface area (Å²) in [6, 6.07) is 17.8. The Hall–Kier alpha value is -3.49. The summed E-state index contributed by atoms with van der Waals surface area (Å²) in [7, 11) is -3.79. The van der Waals surface area contributed by atoms with E-state index in [-0.39, 0.29) is 10.8 Å². The normalized spacial score (nSPS) is 11.5. The maximum atomic E-state index is 11.7. The number of aromatic nitrogens is 2. The van der Waals surface area contributed by atoms with Gasteiger partial charge in [-0.15, -0.1) is 0 Å². The lowest BCUT2D eigenvalue weighted by atomic mass is 10.0. The standard InChI is InChI=1S/C21H18N4O3S/c1-13(26)24-16-6-2-4-14(10-16)18-8-9-23-21-19(18)12-20(25-21)15-5-3-7-17(11-15)29(22,27)28/h2-12H,1H3,(H,23,25)(H,24,26)(H2,22,27,28). The number of fused-ring (bicyclic) bond motifs is 1. The van der Waals surface area contributed by atoms with Gasteiger partial charge in [-0.25, -0.2) is 18.5 Å². The summed E-state index contributed by atoms with van der Waals surface area (Å²) in [5, 5.41) is 8.91. The van der Waals surface area contributed by atoms with E-state index >= 15 is 0 Å². The molecule has 0 saturated heterocycles. The summed E-state index contributed by atoms with van der Waals surface area (Å²) in [5.74, 6) is -0.138. The van der Waals surface area contributed by atoms with Crippen LogP contribution in [0.15, 0.2) is 71.8 Å². The zero-order valence-electron chi connectivity index (χ0n) is 15.5. The molecule has 0 aliphatic heterocycles.